The van der Waals surface area contributed by atoms with Crippen molar-refractivity contribution in [2.45, 2.75) is 30.7 Å². The Morgan fingerprint density at radius 3 is 2.14 bits per heavy atom. The van der Waals surface area contributed by atoms with E-state index in [4.69, 9.17) is 0 Å². The molecule has 0 spiro atoms. The first-order chi connectivity index (χ1) is 17.9. The quantitative estimate of drug-likeness (QED) is 0.252. The van der Waals surface area contributed by atoms with Crippen LogP contribution in [-0.4, -0.2) is 18.9 Å². The van der Waals surface area contributed by atoms with Gasteiger partial charge >= 0.3 is 0 Å². The highest BCUT2D eigenvalue weighted by molar-refractivity contribution is 7.90. The lowest BCUT2D eigenvalue weighted by Crippen LogP contribution is -2.33. The summed E-state index contributed by atoms with van der Waals surface area (Å²) in [5.74, 6) is -0.218. The molecular weight excluding hydrogens is 480 g/mol. The van der Waals surface area contributed by atoms with Crippen molar-refractivity contribution in [3.63, 3.8) is 0 Å². The molecule has 0 fully saturated rings. The maximum atomic E-state index is 13.7. The van der Waals surface area contributed by atoms with Gasteiger partial charge in [-0.15, -0.1) is 0 Å². The molecule has 0 atom stereocenters. The van der Waals surface area contributed by atoms with Gasteiger partial charge in [-0.25, -0.2) is 8.42 Å². The number of carbonyl (C=O) groups is 1. The molecule has 0 aliphatic carbocycles. The molecule has 0 radical (unpaired) electrons. The van der Waals surface area contributed by atoms with E-state index in [-0.39, 0.29) is 23.1 Å². The van der Waals surface area contributed by atoms with Gasteiger partial charge in [0.1, 0.15) is 6.54 Å². The fourth-order valence-corrected chi connectivity index (χ4v) is 6.26. The Morgan fingerprint density at radius 1 is 0.784 bits per heavy atom. The van der Waals surface area contributed by atoms with Gasteiger partial charge in [-0.05, 0) is 41.8 Å². The number of hydrogen-bond acceptors (Lipinski definition) is 3. The maximum Gasteiger partial charge on any atom is 0.247 e. The van der Waals surface area contributed by atoms with Crippen LogP contribution in [0.1, 0.15) is 16.7 Å². The van der Waals surface area contributed by atoms with Crippen LogP contribution in [0, 0.1) is 6.92 Å². The van der Waals surface area contributed by atoms with E-state index in [2.05, 4.69) is 0 Å². The summed E-state index contributed by atoms with van der Waals surface area (Å²) in [5, 5.41) is 0.623. The number of fused-ring (bicyclic) bond motifs is 1. The zero-order chi connectivity index (χ0) is 25.8. The molecule has 0 saturated carbocycles. The minimum Gasteiger partial charge on any atom is -0.337 e. The lowest BCUT2D eigenvalue weighted by Gasteiger charge is -2.23. The highest BCUT2D eigenvalue weighted by atomic mass is 32.2. The lowest BCUT2D eigenvalue weighted by atomic mass is 10.1. The first-order valence-corrected chi connectivity index (χ1v) is 13.8. The zero-order valence-electron chi connectivity index (χ0n) is 20.6. The van der Waals surface area contributed by atoms with Gasteiger partial charge in [-0.2, -0.15) is 0 Å². The van der Waals surface area contributed by atoms with Gasteiger partial charge in [-0.3, -0.25) is 4.79 Å². The van der Waals surface area contributed by atoms with Crippen LogP contribution in [0.2, 0.25) is 0 Å². The molecule has 6 heteroatoms. The van der Waals surface area contributed by atoms with E-state index in [0.717, 1.165) is 22.4 Å². The van der Waals surface area contributed by atoms with E-state index in [1.54, 1.807) is 21.7 Å². The fraction of sp³-hybridized carbons (Fsp3) is 0.129. The standard InChI is InChI=1S/C31H28N2O3S/c1-24-12-8-9-15-26(24)23-37(35,36)30-21-32(29-19-11-10-18-28(29)30)22-31(34)33(27-16-6-3-7-17-27)20-25-13-4-2-5-14-25/h2-19,21H,20,22-23H2,1H3. The number of sulfone groups is 1. The van der Waals surface area contributed by atoms with Crippen molar-refractivity contribution in [3.8, 4) is 0 Å². The number of aromatic nitrogens is 1. The van der Waals surface area contributed by atoms with Crippen molar-refractivity contribution in [1.29, 1.82) is 0 Å². The van der Waals surface area contributed by atoms with Gasteiger partial charge in [0, 0.05) is 22.8 Å². The van der Waals surface area contributed by atoms with Crippen LogP contribution in [0.3, 0.4) is 0 Å². The molecule has 5 aromatic rings. The molecule has 5 nitrogen and oxygen atoms in total. The highest BCUT2D eigenvalue weighted by Gasteiger charge is 2.24. The van der Waals surface area contributed by atoms with Crippen molar-refractivity contribution in [3.05, 3.63) is 132 Å². The van der Waals surface area contributed by atoms with Gasteiger partial charge in [0.2, 0.25) is 5.91 Å². The van der Waals surface area contributed by atoms with Crippen molar-refractivity contribution >= 4 is 32.3 Å². The van der Waals surface area contributed by atoms with E-state index in [0.29, 0.717) is 17.4 Å². The first kappa shape index (κ1) is 24.5. The topological polar surface area (TPSA) is 59.4 Å². The molecule has 186 valence electrons. The third-order valence-electron chi connectivity index (χ3n) is 6.55. The van der Waals surface area contributed by atoms with Crippen molar-refractivity contribution < 1.29 is 13.2 Å². The molecule has 5 rings (SSSR count). The number of amides is 1. The summed E-state index contributed by atoms with van der Waals surface area (Å²) in [6.45, 7) is 2.35. The normalized spacial score (nSPS) is 11.5. The molecule has 0 aliphatic heterocycles. The van der Waals surface area contributed by atoms with E-state index in [1.165, 1.54) is 0 Å². The maximum absolute atomic E-state index is 13.7. The summed E-state index contributed by atoms with van der Waals surface area (Å²) in [7, 11) is -3.64. The number of para-hydroxylation sites is 2. The average molecular weight is 509 g/mol. The van der Waals surface area contributed by atoms with Crippen LogP contribution in [0.4, 0.5) is 5.69 Å². The van der Waals surface area contributed by atoms with Crippen LogP contribution >= 0.6 is 0 Å². The molecule has 0 aliphatic rings. The largest absolute Gasteiger partial charge is 0.337 e. The lowest BCUT2D eigenvalue weighted by molar-refractivity contribution is -0.119. The summed E-state index contributed by atoms with van der Waals surface area (Å²) in [6.07, 6.45) is 1.61. The second-order valence-electron chi connectivity index (χ2n) is 9.13. The van der Waals surface area contributed by atoms with Crippen LogP contribution in [0.15, 0.2) is 120 Å². The number of hydrogen-bond donors (Lipinski definition) is 0. The Morgan fingerprint density at radius 2 is 1.41 bits per heavy atom. The molecule has 1 heterocycles. The fourth-order valence-electron chi connectivity index (χ4n) is 4.57. The van der Waals surface area contributed by atoms with Crippen molar-refractivity contribution in [2.75, 3.05) is 4.90 Å². The molecule has 4 aromatic carbocycles. The number of anilines is 1. The Balaban J connectivity index is 1.50. The van der Waals surface area contributed by atoms with Crippen molar-refractivity contribution in [2.24, 2.45) is 0 Å². The Bertz CT molecular complexity index is 1640. The molecule has 37 heavy (non-hydrogen) atoms. The number of aryl methyl sites for hydroxylation is 1. The minimum atomic E-state index is -3.64. The van der Waals surface area contributed by atoms with Crippen LogP contribution in [0.5, 0.6) is 0 Å². The monoisotopic (exact) mass is 508 g/mol. The average Bonchev–Trinajstić information content (AvgIpc) is 3.29. The summed E-state index contributed by atoms with van der Waals surface area (Å²) >= 11 is 0. The summed E-state index contributed by atoms with van der Waals surface area (Å²) in [5.41, 5.74) is 4.23. The Hall–Kier alpha value is -4.16. The van der Waals surface area contributed by atoms with E-state index in [1.807, 2.05) is 110 Å². The molecule has 0 N–H and O–H groups in total. The SMILES string of the molecule is Cc1ccccc1CS(=O)(=O)c1cn(CC(=O)N(Cc2ccccc2)c2ccccc2)c2ccccc12. The smallest absolute Gasteiger partial charge is 0.247 e. The summed E-state index contributed by atoms with van der Waals surface area (Å²) in [6, 6.07) is 34.2. The van der Waals surface area contributed by atoms with Crippen LogP contribution in [0.25, 0.3) is 10.9 Å². The zero-order valence-corrected chi connectivity index (χ0v) is 21.4. The number of carbonyl (C=O) groups excluding carboxylic acids is 1. The third kappa shape index (κ3) is 5.34. The predicted molar refractivity (Wildman–Crippen MR) is 148 cm³/mol. The molecular formula is C31H28N2O3S. The van der Waals surface area contributed by atoms with Crippen LogP contribution in [-0.2, 0) is 33.5 Å². The van der Waals surface area contributed by atoms with Gasteiger partial charge in [0.15, 0.2) is 9.84 Å². The second-order valence-corrected chi connectivity index (χ2v) is 11.1. The molecule has 0 bridgehead atoms. The van der Waals surface area contributed by atoms with Gasteiger partial charge < -0.3 is 9.47 Å². The molecule has 1 amide bonds. The summed E-state index contributed by atoms with van der Waals surface area (Å²) in [4.78, 5) is 15.7. The van der Waals surface area contributed by atoms with E-state index in [9.17, 15) is 13.2 Å². The number of nitrogens with zero attached hydrogens (tertiary/aromatic N) is 2. The number of benzene rings is 4. The van der Waals surface area contributed by atoms with E-state index < -0.39 is 9.84 Å². The van der Waals surface area contributed by atoms with Crippen LogP contribution < -0.4 is 4.90 Å². The molecule has 0 unspecified atom stereocenters. The minimum absolute atomic E-state index is 0.0160. The first-order valence-electron chi connectivity index (χ1n) is 12.2. The Kier molecular flexibility index (Phi) is 6.93. The Labute approximate surface area is 217 Å². The van der Waals surface area contributed by atoms with Gasteiger partial charge in [-0.1, -0.05) is 91.0 Å². The van der Waals surface area contributed by atoms with Crippen molar-refractivity contribution in [1.82, 2.24) is 4.57 Å². The number of rotatable bonds is 8. The van der Waals surface area contributed by atoms with Gasteiger partial charge in [0.25, 0.3) is 0 Å². The highest BCUT2D eigenvalue weighted by Crippen LogP contribution is 2.29. The molecule has 0 saturated heterocycles. The van der Waals surface area contributed by atoms with E-state index >= 15 is 0 Å². The van der Waals surface area contributed by atoms with Gasteiger partial charge in [0.05, 0.1) is 17.2 Å². The molecule has 1 aromatic heterocycles. The third-order valence-corrected chi connectivity index (χ3v) is 8.24. The second kappa shape index (κ2) is 10.4. The summed E-state index contributed by atoms with van der Waals surface area (Å²) < 4.78 is 28.9. The predicted octanol–water partition coefficient (Wildman–Crippen LogP) is 6.16.